The molecule has 3 radical (unpaired) electrons. The van der Waals surface area contributed by atoms with Crippen molar-refractivity contribution in [3.05, 3.63) is 33.2 Å². The van der Waals surface area contributed by atoms with E-state index in [1.165, 1.54) is 21.1 Å². The smallest absolute Gasteiger partial charge is 0.802 e. The first kappa shape index (κ1) is 31.4. The maximum atomic E-state index is 9.67. The van der Waals surface area contributed by atoms with E-state index in [2.05, 4.69) is 16.0 Å². The quantitative estimate of drug-likeness (QED) is 0.363. The molecule has 0 amide bonds. The van der Waals surface area contributed by atoms with E-state index in [1.807, 2.05) is 0 Å². The van der Waals surface area contributed by atoms with Crippen molar-refractivity contribution in [2.75, 3.05) is 40.8 Å². The zero-order valence-corrected chi connectivity index (χ0v) is 14.8. The Kier molecular flexibility index (Phi) is 26.0. The Balaban J connectivity index is -0.0000000817. The summed E-state index contributed by atoms with van der Waals surface area (Å²) in [5.41, 5.74) is 25.1. The van der Waals surface area contributed by atoms with Crippen molar-refractivity contribution in [2.24, 2.45) is 0 Å². The normalized spacial score (nSPS) is 12.7. The fourth-order valence-corrected chi connectivity index (χ4v) is 0.742. The van der Waals surface area contributed by atoms with Crippen molar-refractivity contribution in [3.8, 4) is 0 Å². The predicted molar refractivity (Wildman–Crippen MR) is 80.0 cm³/mol. The SMILES string of the molecule is C[N-]CC([N-])C(=O)[O-].C[N-]CC([N-])C(=O)[O-].C[N-]CC([N-])C(=O)[O-].[H+].[Ni+2]. The molecule has 0 aromatic rings. The van der Waals surface area contributed by atoms with Crippen LogP contribution in [0.25, 0.3) is 33.2 Å². The third-order valence-electron chi connectivity index (χ3n) is 1.88. The third kappa shape index (κ3) is 25.0. The molecule has 0 aromatic carbocycles. The molecule has 0 saturated carbocycles. The van der Waals surface area contributed by atoms with Gasteiger partial charge in [-0.25, -0.2) is 0 Å². The van der Waals surface area contributed by atoms with Gasteiger partial charge in [-0.05, 0) is 0 Å². The molecule has 0 N–H and O–H groups in total. The summed E-state index contributed by atoms with van der Waals surface area (Å²) in [7, 11) is 4.27. The summed E-state index contributed by atoms with van der Waals surface area (Å²) in [6.07, 6.45) is 0. The van der Waals surface area contributed by atoms with E-state index in [9.17, 15) is 29.7 Å². The van der Waals surface area contributed by atoms with Crippen LogP contribution in [0, 0.1) is 0 Å². The number of rotatable bonds is 9. The minimum atomic E-state index is -1.48. The van der Waals surface area contributed by atoms with Gasteiger partial charge in [0.1, 0.15) is 0 Å². The molecule has 25 heavy (non-hydrogen) atoms. The Hall–Kier alpha value is -1.34. The van der Waals surface area contributed by atoms with Crippen molar-refractivity contribution in [1.29, 1.82) is 0 Å². The van der Waals surface area contributed by atoms with Gasteiger partial charge in [0.2, 0.25) is 0 Å². The van der Waals surface area contributed by atoms with Gasteiger partial charge in [0.05, 0.1) is 0 Å². The minimum Gasteiger partial charge on any atom is -0.802 e. The molecule has 0 aliphatic carbocycles. The molecule has 0 spiro atoms. The van der Waals surface area contributed by atoms with Crippen molar-refractivity contribution >= 4 is 17.9 Å². The van der Waals surface area contributed by atoms with Gasteiger partial charge in [-0.1, -0.05) is 0 Å². The van der Waals surface area contributed by atoms with E-state index in [1.54, 1.807) is 0 Å². The monoisotopic (exact) mass is 401 g/mol. The van der Waals surface area contributed by atoms with Crippen LogP contribution in [0.2, 0.25) is 0 Å². The van der Waals surface area contributed by atoms with Crippen LogP contribution in [-0.4, -0.2) is 76.8 Å². The summed E-state index contributed by atoms with van der Waals surface area (Å²) in [4.78, 5) is 29.0. The Morgan fingerprint density at radius 1 is 0.720 bits per heavy atom. The molecule has 0 aromatic heterocycles. The number of hydrogen-bond donors (Lipinski definition) is 0. The zero-order chi connectivity index (χ0) is 19.7. The average molecular weight is 402 g/mol. The number of nitrogens with zero attached hydrogens (tertiary/aromatic N) is 6. The van der Waals surface area contributed by atoms with Gasteiger partial charge in [0.25, 0.3) is 0 Å². The zero-order valence-electron chi connectivity index (χ0n) is 14.8. The topological polar surface area (TPSA) is 230 Å². The van der Waals surface area contributed by atoms with Crippen LogP contribution in [0.15, 0.2) is 0 Å². The summed E-state index contributed by atoms with van der Waals surface area (Å²) in [5.74, 6) is -4.43. The van der Waals surface area contributed by atoms with E-state index in [0.29, 0.717) is 0 Å². The molecule has 0 bridgehead atoms. The summed E-state index contributed by atoms with van der Waals surface area (Å²) in [5, 5.41) is 39.2. The first-order valence-electron chi connectivity index (χ1n) is 6.38. The molecule has 0 rings (SSSR count). The second-order valence-electron chi connectivity index (χ2n) is 4.00. The number of likely N-dealkylation sites (N-methyl/N-ethyl adjacent to an activating group) is 3. The molecule has 0 saturated heterocycles. The van der Waals surface area contributed by atoms with E-state index in [0.717, 1.165) is 0 Å². The maximum Gasteiger partial charge on any atom is 2.00 e. The van der Waals surface area contributed by atoms with Crippen molar-refractivity contribution < 1.29 is 47.6 Å². The second kappa shape index (κ2) is 20.7. The average Bonchev–Trinajstić information content (AvgIpc) is 2.49. The molecule has 0 fully saturated rings. The standard InChI is InChI=1S/3C4H7N2O2.Ni/c3*1-6-2-3(5)4(7)8;/h3*3H,2H2,1H3,(H,7,8);/q3*-2;+2/p-2. The fourth-order valence-electron chi connectivity index (χ4n) is 0.742. The summed E-state index contributed by atoms with van der Waals surface area (Å²) < 4.78 is 0. The van der Waals surface area contributed by atoms with Gasteiger partial charge < -0.3 is 62.9 Å². The molecular weight excluding hydrogens is 383 g/mol. The van der Waals surface area contributed by atoms with Gasteiger partial charge in [-0.15, -0.1) is 18.1 Å². The molecule has 0 aliphatic heterocycles. The predicted octanol–water partition coefficient (Wildman–Crippen LogP) is -3.05. The van der Waals surface area contributed by atoms with Gasteiger partial charge in [-0.2, -0.15) is 40.8 Å². The van der Waals surface area contributed by atoms with Crippen LogP contribution >= 0.6 is 0 Å². The van der Waals surface area contributed by atoms with Gasteiger partial charge in [-0.3, -0.25) is 0 Å². The first-order valence-corrected chi connectivity index (χ1v) is 6.38. The van der Waals surface area contributed by atoms with Crippen LogP contribution in [0.1, 0.15) is 1.43 Å². The molecule has 0 heterocycles. The van der Waals surface area contributed by atoms with Crippen LogP contribution in [0.4, 0.5) is 0 Å². The largest absolute Gasteiger partial charge is 2.00 e. The molecule has 149 valence electrons. The number of carboxylic acids is 3. The first-order chi connectivity index (χ1) is 11.0. The summed E-state index contributed by atoms with van der Waals surface area (Å²) in [6.45, 7) is -0.285. The summed E-state index contributed by atoms with van der Waals surface area (Å²) in [6, 6.07) is -4.33. The van der Waals surface area contributed by atoms with E-state index < -0.39 is 36.0 Å². The van der Waals surface area contributed by atoms with Crippen LogP contribution < -0.4 is 15.3 Å². The number of carboxylic acid groups (broad SMARTS) is 3. The Labute approximate surface area is 158 Å². The molecular formula is C12H19N6NiO6-6. The van der Waals surface area contributed by atoms with Gasteiger partial charge >= 0.3 is 17.9 Å². The number of carbonyl (C=O) groups excluding carboxylic acids is 3. The maximum absolute atomic E-state index is 9.67. The summed E-state index contributed by atoms with van der Waals surface area (Å²) >= 11 is 0. The van der Waals surface area contributed by atoms with E-state index in [-0.39, 0.29) is 37.6 Å². The molecule has 3 unspecified atom stereocenters. The number of aliphatic carboxylic acids is 3. The van der Waals surface area contributed by atoms with Crippen molar-refractivity contribution in [1.82, 2.24) is 0 Å². The molecule has 3 atom stereocenters. The number of carbonyl (C=O) groups is 3. The Morgan fingerprint density at radius 2 is 0.880 bits per heavy atom. The Morgan fingerprint density at radius 3 is 0.920 bits per heavy atom. The molecule has 12 nitrogen and oxygen atoms in total. The molecule has 0 aliphatic rings. The van der Waals surface area contributed by atoms with Crippen LogP contribution in [0.5, 0.6) is 0 Å². The van der Waals surface area contributed by atoms with Crippen LogP contribution in [0.3, 0.4) is 0 Å². The van der Waals surface area contributed by atoms with Gasteiger partial charge in [0.15, 0.2) is 0 Å². The van der Waals surface area contributed by atoms with Crippen LogP contribution in [-0.2, 0) is 30.9 Å². The number of hydrogen-bond acceptors (Lipinski definition) is 6. The van der Waals surface area contributed by atoms with E-state index >= 15 is 0 Å². The third-order valence-corrected chi connectivity index (χ3v) is 1.88. The van der Waals surface area contributed by atoms with Gasteiger partial charge in [0, 0.05) is 17.9 Å². The Bertz CT molecular complexity index is 317. The van der Waals surface area contributed by atoms with E-state index in [4.69, 9.17) is 17.2 Å². The minimum absolute atomic E-state index is 0. The van der Waals surface area contributed by atoms with Crippen molar-refractivity contribution in [2.45, 2.75) is 18.1 Å². The molecule has 13 heteroatoms. The fraction of sp³-hybridized carbons (Fsp3) is 0.750. The van der Waals surface area contributed by atoms with Crippen molar-refractivity contribution in [3.63, 3.8) is 0 Å². The second-order valence-corrected chi connectivity index (χ2v) is 4.00.